The Hall–Kier alpha value is -1.08. The zero-order chi connectivity index (χ0) is 11.0. The SMILES string of the molecule is COC(C)CCC(=O)NC(C)CC#N. The number of rotatable bonds is 6. The summed E-state index contributed by atoms with van der Waals surface area (Å²) in [7, 11) is 1.63. The van der Waals surface area contributed by atoms with Crippen molar-refractivity contribution in [2.45, 2.75) is 45.3 Å². The lowest BCUT2D eigenvalue weighted by Gasteiger charge is -2.12. The van der Waals surface area contributed by atoms with Crippen molar-refractivity contribution in [3.8, 4) is 6.07 Å². The summed E-state index contributed by atoms with van der Waals surface area (Å²) in [5, 5.41) is 11.1. The first kappa shape index (κ1) is 12.9. The van der Waals surface area contributed by atoms with Gasteiger partial charge in [0.25, 0.3) is 0 Å². The van der Waals surface area contributed by atoms with E-state index in [1.54, 1.807) is 7.11 Å². The minimum absolute atomic E-state index is 0.0170. The Morgan fingerprint density at radius 2 is 2.21 bits per heavy atom. The van der Waals surface area contributed by atoms with E-state index in [1.165, 1.54) is 0 Å². The smallest absolute Gasteiger partial charge is 0.220 e. The van der Waals surface area contributed by atoms with Crippen molar-refractivity contribution < 1.29 is 9.53 Å². The molecule has 4 heteroatoms. The van der Waals surface area contributed by atoms with Gasteiger partial charge in [-0.3, -0.25) is 4.79 Å². The maximum absolute atomic E-state index is 11.3. The molecule has 0 heterocycles. The molecule has 0 rings (SSSR count). The Morgan fingerprint density at radius 1 is 1.57 bits per heavy atom. The summed E-state index contributed by atoms with van der Waals surface area (Å²) in [5.74, 6) is -0.0170. The van der Waals surface area contributed by atoms with Crippen molar-refractivity contribution in [3.63, 3.8) is 0 Å². The van der Waals surface area contributed by atoms with Gasteiger partial charge in [-0.2, -0.15) is 5.26 Å². The van der Waals surface area contributed by atoms with Crippen LogP contribution in [0.5, 0.6) is 0 Å². The summed E-state index contributed by atoms with van der Waals surface area (Å²) in [6.45, 7) is 3.74. The third-order valence-electron chi connectivity index (χ3n) is 1.99. The summed E-state index contributed by atoms with van der Waals surface area (Å²) < 4.78 is 5.02. The Labute approximate surface area is 85.2 Å². The van der Waals surface area contributed by atoms with Gasteiger partial charge in [-0.1, -0.05) is 0 Å². The van der Waals surface area contributed by atoms with Crippen molar-refractivity contribution in [2.24, 2.45) is 0 Å². The topological polar surface area (TPSA) is 62.1 Å². The quantitative estimate of drug-likeness (QED) is 0.698. The first-order valence-electron chi connectivity index (χ1n) is 4.79. The molecule has 2 unspecified atom stereocenters. The highest BCUT2D eigenvalue weighted by molar-refractivity contribution is 5.76. The largest absolute Gasteiger partial charge is 0.382 e. The molecule has 0 aliphatic rings. The van der Waals surface area contributed by atoms with Gasteiger partial charge in [0, 0.05) is 19.6 Å². The molecule has 80 valence electrons. The molecule has 4 nitrogen and oxygen atoms in total. The lowest BCUT2D eigenvalue weighted by atomic mass is 10.2. The maximum atomic E-state index is 11.3. The van der Waals surface area contributed by atoms with Crippen LogP contribution in [0.1, 0.15) is 33.1 Å². The predicted molar refractivity (Wildman–Crippen MR) is 53.5 cm³/mol. The van der Waals surface area contributed by atoms with Gasteiger partial charge in [-0.15, -0.1) is 0 Å². The van der Waals surface area contributed by atoms with Gasteiger partial charge < -0.3 is 10.1 Å². The normalized spacial score (nSPS) is 14.1. The number of carbonyl (C=O) groups is 1. The van der Waals surface area contributed by atoms with Crippen LogP contribution < -0.4 is 5.32 Å². The number of hydrogen-bond acceptors (Lipinski definition) is 3. The van der Waals surface area contributed by atoms with Crippen LogP contribution in [-0.2, 0) is 9.53 Å². The fraction of sp³-hybridized carbons (Fsp3) is 0.800. The van der Waals surface area contributed by atoms with Crippen LogP contribution in [0.25, 0.3) is 0 Å². The Balaban J connectivity index is 3.61. The van der Waals surface area contributed by atoms with E-state index in [0.717, 1.165) is 0 Å². The van der Waals surface area contributed by atoms with Crippen LogP contribution in [0.2, 0.25) is 0 Å². The summed E-state index contributed by atoms with van der Waals surface area (Å²) >= 11 is 0. The van der Waals surface area contributed by atoms with Crippen molar-refractivity contribution >= 4 is 5.91 Å². The molecule has 2 atom stereocenters. The second-order valence-electron chi connectivity index (χ2n) is 3.42. The lowest BCUT2D eigenvalue weighted by molar-refractivity contribution is -0.122. The van der Waals surface area contributed by atoms with Gasteiger partial charge in [-0.05, 0) is 20.3 Å². The molecule has 0 aromatic rings. The molecule has 0 radical (unpaired) electrons. The average Bonchev–Trinajstić information content (AvgIpc) is 2.14. The van der Waals surface area contributed by atoms with E-state index in [-0.39, 0.29) is 18.1 Å². The number of amides is 1. The molecule has 1 N–H and O–H groups in total. The van der Waals surface area contributed by atoms with Crippen LogP contribution in [0.3, 0.4) is 0 Å². The molecule has 0 aliphatic heterocycles. The van der Waals surface area contributed by atoms with E-state index in [0.29, 0.717) is 19.3 Å². The van der Waals surface area contributed by atoms with Gasteiger partial charge in [0.2, 0.25) is 5.91 Å². The minimum atomic E-state index is -0.0645. The number of methoxy groups -OCH3 is 1. The molecule has 0 saturated carbocycles. The second-order valence-corrected chi connectivity index (χ2v) is 3.42. The molecule has 0 aromatic heterocycles. The first-order valence-corrected chi connectivity index (χ1v) is 4.79. The third kappa shape index (κ3) is 6.44. The fourth-order valence-electron chi connectivity index (χ4n) is 0.987. The second kappa shape index (κ2) is 7.34. The van der Waals surface area contributed by atoms with Crippen molar-refractivity contribution in [1.29, 1.82) is 5.26 Å². The molecule has 0 aliphatic carbocycles. The number of hydrogen-bond donors (Lipinski definition) is 1. The highest BCUT2D eigenvalue weighted by Crippen LogP contribution is 2.00. The number of nitrogens with one attached hydrogen (secondary N) is 1. The summed E-state index contributed by atoms with van der Waals surface area (Å²) in [4.78, 5) is 11.3. The molecule has 0 fully saturated rings. The molecule has 0 aromatic carbocycles. The molecular formula is C10H18N2O2. The highest BCUT2D eigenvalue weighted by atomic mass is 16.5. The number of ether oxygens (including phenoxy) is 1. The van der Waals surface area contributed by atoms with Crippen LogP contribution in [-0.4, -0.2) is 25.2 Å². The summed E-state index contributed by atoms with van der Waals surface area (Å²) in [6, 6.07) is 1.94. The van der Waals surface area contributed by atoms with Crippen LogP contribution >= 0.6 is 0 Å². The molecule has 1 amide bonds. The van der Waals surface area contributed by atoms with Crippen molar-refractivity contribution in [2.75, 3.05) is 7.11 Å². The van der Waals surface area contributed by atoms with E-state index in [2.05, 4.69) is 5.32 Å². The van der Waals surface area contributed by atoms with Gasteiger partial charge in [0.15, 0.2) is 0 Å². The molecule has 0 spiro atoms. The van der Waals surface area contributed by atoms with Gasteiger partial charge in [0.1, 0.15) is 0 Å². The summed E-state index contributed by atoms with van der Waals surface area (Å²) in [5.41, 5.74) is 0. The zero-order valence-corrected chi connectivity index (χ0v) is 9.04. The fourth-order valence-corrected chi connectivity index (χ4v) is 0.987. The molecule has 0 bridgehead atoms. The van der Waals surface area contributed by atoms with Crippen LogP contribution in [0, 0.1) is 11.3 Å². The lowest BCUT2D eigenvalue weighted by Crippen LogP contribution is -2.32. The number of nitriles is 1. The van der Waals surface area contributed by atoms with E-state index in [4.69, 9.17) is 10.00 Å². The average molecular weight is 198 g/mol. The number of nitrogens with zero attached hydrogens (tertiary/aromatic N) is 1. The number of carbonyl (C=O) groups excluding carboxylic acids is 1. The highest BCUT2D eigenvalue weighted by Gasteiger charge is 2.08. The molecule has 14 heavy (non-hydrogen) atoms. The minimum Gasteiger partial charge on any atom is -0.382 e. The molecule has 0 saturated heterocycles. The van der Waals surface area contributed by atoms with E-state index in [1.807, 2.05) is 19.9 Å². The van der Waals surface area contributed by atoms with E-state index in [9.17, 15) is 4.79 Å². The standard InChI is InChI=1S/C10H18N2O2/c1-8(6-7-11)12-10(13)5-4-9(2)14-3/h8-9H,4-6H2,1-3H3,(H,12,13). The summed E-state index contributed by atoms with van der Waals surface area (Å²) in [6.07, 6.45) is 1.62. The monoisotopic (exact) mass is 198 g/mol. The van der Waals surface area contributed by atoms with E-state index >= 15 is 0 Å². The van der Waals surface area contributed by atoms with Gasteiger partial charge in [-0.25, -0.2) is 0 Å². The van der Waals surface area contributed by atoms with Crippen LogP contribution in [0.4, 0.5) is 0 Å². The first-order chi connectivity index (χ1) is 6.60. The van der Waals surface area contributed by atoms with Crippen molar-refractivity contribution in [3.05, 3.63) is 0 Å². The predicted octanol–water partition coefficient (Wildman–Crippen LogP) is 1.22. The van der Waals surface area contributed by atoms with Crippen LogP contribution in [0.15, 0.2) is 0 Å². The third-order valence-corrected chi connectivity index (χ3v) is 1.99. The molecular weight excluding hydrogens is 180 g/mol. The van der Waals surface area contributed by atoms with E-state index < -0.39 is 0 Å². The zero-order valence-electron chi connectivity index (χ0n) is 9.04. The Bertz CT molecular complexity index is 211. The Kier molecular flexibility index (Phi) is 6.77. The van der Waals surface area contributed by atoms with Crippen molar-refractivity contribution in [1.82, 2.24) is 5.32 Å². The maximum Gasteiger partial charge on any atom is 0.220 e. The Morgan fingerprint density at radius 3 is 2.71 bits per heavy atom. The van der Waals surface area contributed by atoms with Gasteiger partial charge >= 0.3 is 0 Å². The van der Waals surface area contributed by atoms with Gasteiger partial charge in [0.05, 0.1) is 18.6 Å².